The van der Waals surface area contributed by atoms with Gasteiger partial charge < -0.3 is 10.1 Å². The minimum atomic E-state index is -4.77. The summed E-state index contributed by atoms with van der Waals surface area (Å²) in [6, 6.07) is 4.18. The first-order valence-corrected chi connectivity index (χ1v) is 5.89. The smallest absolute Gasteiger partial charge is 0.406 e. The summed E-state index contributed by atoms with van der Waals surface area (Å²) in [6.07, 6.45) is -4.70. The van der Waals surface area contributed by atoms with E-state index in [1.165, 1.54) is 19.1 Å². The second-order valence-electron chi connectivity index (χ2n) is 4.11. The van der Waals surface area contributed by atoms with Crippen molar-refractivity contribution in [2.75, 3.05) is 0 Å². The molecule has 1 amide bonds. The highest BCUT2D eigenvalue weighted by atomic mass is 19.4. The molecule has 0 bridgehead atoms. The van der Waals surface area contributed by atoms with E-state index in [9.17, 15) is 22.8 Å². The van der Waals surface area contributed by atoms with Crippen LogP contribution in [0.3, 0.4) is 0 Å². The quantitative estimate of drug-likeness (QED) is 0.847. The molecule has 0 aliphatic heterocycles. The molecule has 0 aromatic heterocycles. The molecule has 1 rings (SSSR count). The Balaban J connectivity index is 2.75. The van der Waals surface area contributed by atoms with E-state index in [4.69, 9.17) is 0 Å². The molecule has 4 nitrogen and oxygen atoms in total. The lowest BCUT2D eigenvalue weighted by Gasteiger charge is -2.13. The second-order valence-corrected chi connectivity index (χ2v) is 4.11. The van der Waals surface area contributed by atoms with Gasteiger partial charge in [-0.1, -0.05) is 19.1 Å². The van der Waals surface area contributed by atoms with Crippen molar-refractivity contribution in [3.05, 3.63) is 29.3 Å². The first-order valence-electron chi connectivity index (χ1n) is 5.89. The molecule has 0 atom stereocenters. The van der Waals surface area contributed by atoms with E-state index in [1.807, 2.05) is 0 Å². The Bertz CT molecular complexity index is 512. The van der Waals surface area contributed by atoms with Crippen molar-refractivity contribution in [1.82, 2.24) is 5.32 Å². The van der Waals surface area contributed by atoms with Crippen molar-refractivity contribution in [3.8, 4) is 5.75 Å². The van der Waals surface area contributed by atoms with E-state index in [-0.39, 0.29) is 18.7 Å². The van der Waals surface area contributed by atoms with Crippen LogP contribution < -0.4 is 10.1 Å². The van der Waals surface area contributed by atoms with Crippen LogP contribution in [0.25, 0.3) is 0 Å². The molecule has 0 unspecified atom stereocenters. The number of ketones is 1. The number of nitrogens with one attached hydrogen (secondary N) is 1. The summed E-state index contributed by atoms with van der Waals surface area (Å²) < 4.78 is 40.4. The molecular weight excluding hydrogens is 275 g/mol. The normalized spacial score (nSPS) is 11.1. The number of halogens is 3. The molecule has 0 fully saturated rings. The zero-order chi connectivity index (χ0) is 15.3. The summed E-state index contributed by atoms with van der Waals surface area (Å²) in [5.41, 5.74) is 0.731. The predicted molar refractivity (Wildman–Crippen MR) is 65.0 cm³/mol. The molecule has 7 heteroatoms. The maximum Gasteiger partial charge on any atom is 0.573 e. The Labute approximate surface area is 113 Å². The van der Waals surface area contributed by atoms with Crippen LogP contribution in [0.4, 0.5) is 13.2 Å². The van der Waals surface area contributed by atoms with Crippen molar-refractivity contribution in [2.45, 2.75) is 33.2 Å². The van der Waals surface area contributed by atoms with Crippen molar-refractivity contribution >= 4 is 11.7 Å². The number of amides is 1. The molecule has 1 aromatic rings. The van der Waals surface area contributed by atoms with Crippen molar-refractivity contribution in [3.63, 3.8) is 0 Å². The third kappa shape index (κ3) is 4.91. The van der Waals surface area contributed by atoms with E-state index < -0.39 is 18.1 Å². The predicted octanol–water partition coefficient (Wildman–Crippen LogP) is 2.49. The van der Waals surface area contributed by atoms with Crippen LogP contribution in [-0.4, -0.2) is 18.1 Å². The molecular formula is C13H14F3NO3. The number of alkyl halides is 3. The van der Waals surface area contributed by atoms with E-state index in [1.54, 1.807) is 13.0 Å². The molecule has 20 heavy (non-hydrogen) atoms. The molecule has 0 heterocycles. The van der Waals surface area contributed by atoms with Crippen molar-refractivity contribution < 1.29 is 27.5 Å². The summed E-state index contributed by atoms with van der Waals surface area (Å²) in [4.78, 5) is 22.3. The summed E-state index contributed by atoms with van der Waals surface area (Å²) in [5, 5.41) is 2.33. The third-order valence-corrected chi connectivity index (χ3v) is 2.51. The SMILES string of the molecule is CCC(=O)C(=O)NCc1ccc(C)c(OC(F)(F)F)c1. The van der Waals surface area contributed by atoms with Crippen LogP contribution >= 0.6 is 0 Å². The topological polar surface area (TPSA) is 55.4 Å². The zero-order valence-electron chi connectivity index (χ0n) is 11.0. The number of ether oxygens (including phenoxy) is 1. The highest BCUT2D eigenvalue weighted by Gasteiger charge is 2.31. The lowest BCUT2D eigenvalue weighted by molar-refractivity contribution is -0.274. The number of aryl methyl sites for hydroxylation is 1. The summed E-state index contributed by atoms with van der Waals surface area (Å²) in [6.45, 7) is 2.98. The van der Waals surface area contributed by atoms with E-state index >= 15 is 0 Å². The fourth-order valence-electron chi connectivity index (χ4n) is 1.43. The Morgan fingerprint density at radius 2 is 1.95 bits per heavy atom. The lowest BCUT2D eigenvalue weighted by atomic mass is 10.1. The van der Waals surface area contributed by atoms with Gasteiger partial charge in [0.25, 0.3) is 5.91 Å². The molecule has 1 N–H and O–H groups in total. The Morgan fingerprint density at radius 3 is 2.50 bits per heavy atom. The van der Waals surface area contributed by atoms with Gasteiger partial charge in [0, 0.05) is 13.0 Å². The van der Waals surface area contributed by atoms with Gasteiger partial charge in [0.15, 0.2) is 0 Å². The molecule has 0 spiro atoms. The lowest BCUT2D eigenvalue weighted by Crippen LogP contribution is -2.30. The minimum absolute atomic E-state index is 0.0426. The van der Waals surface area contributed by atoms with Crippen LogP contribution in [0.1, 0.15) is 24.5 Å². The molecule has 0 aliphatic carbocycles. The maximum absolute atomic E-state index is 12.2. The van der Waals surface area contributed by atoms with Crippen molar-refractivity contribution in [2.24, 2.45) is 0 Å². The number of carbonyl (C=O) groups is 2. The van der Waals surface area contributed by atoms with Gasteiger partial charge in [0.1, 0.15) is 5.75 Å². The first kappa shape index (κ1) is 16.0. The summed E-state index contributed by atoms with van der Waals surface area (Å²) in [7, 11) is 0. The number of rotatable bonds is 5. The fourth-order valence-corrected chi connectivity index (χ4v) is 1.43. The highest BCUT2D eigenvalue weighted by molar-refractivity contribution is 6.35. The fraction of sp³-hybridized carbons (Fsp3) is 0.385. The number of carbonyl (C=O) groups excluding carboxylic acids is 2. The number of hydrogen-bond donors (Lipinski definition) is 1. The number of benzene rings is 1. The van der Waals surface area contributed by atoms with Gasteiger partial charge in [0.05, 0.1) is 0 Å². The monoisotopic (exact) mass is 289 g/mol. The van der Waals surface area contributed by atoms with Crippen LogP contribution in [-0.2, 0) is 16.1 Å². The van der Waals surface area contributed by atoms with E-state index in [0.717, 1.165) is 0 Å². The molecule has 0 aliphatic rings. The van der Waals surface area contributed by atoms with Gasteiger partial charge >= 0.3 is 6.36 Å². The van der Waals surface area contributed by atoms with Gasteiger partial charge in [-0.25, -0.2) is 0 Å². The van der Waals surface area contributed by atoms with Gasteiger partial charge in [-0.05, 0) is 24.1 Å². The average Bonchev–Trinajstić information content (AvgIpc) is 2.36. The molecule has 1 aromatic carbocycles. The Kier molecular flexibility index (Phi) is 5.12. The van der Waals surface area contributed by atoms with Crippen LogP contribution in [0.5, 0.6) is 5.75 Å². The highest BCUT2D eigenvalue weighted by Crippen LogP contribution is 2.26. The van der Waals surface area contributed by atoms with Gasteiger partial charge in [-0.3, -0.25) is 9.59 Å². The van der Waals surface area contributed by atoms with Crippen LogP contribution in [0.15, 0.2) is 18.2 Å². The molecule has 110 valence electrons. The number of Topliss-reactive ketones (excluding diaryl/α,β-unsaturated/α-hetero) is 1. The molecule has 0 saturated heterocycles. The van der Waals surface area contributed by atoms with Gasteiger partial charge in [0.2, 0.25) is 5.78 Å². The minimum Gasteiger partial charge on any atom is -0.406 e. The van der Waals surface area contributed by atoms with Gasteiger partial charge in [-0.2, -0.15) is 0 Å². The first-order chi connectivity index (χ1) is 9.23. The van der Waals surface area contributed by atoms with E-state index in [0.29, 0.717) is 11.1 Å². The molecule has 0 saturated carbocycles. The standard InChI is InChI=1S/C13H14F3NO3/c1-3-10(18)12(19)17-7-9-5-4-8(2)11(6-9)20-13(14,15)16/h4-6H,3,7H2,1-2H3,(H,17,19). The van der Waals surface area contributed by atoms with Crippen molar-refractivity contribution in [1.29, 1.82) is 0 Å². The maximum atomic E-state index is 12.2. The Morgan fingerprint density at radius 1 is 1.30 bits per heavy atom. The number of hydrogen-bond acceptors (Lipinski definition) is 3. The summed E-state index contributed by atoms with van der Waals surface area (Å²) in [5.74, 6) is -1.67. The van der Waals surface area contributed by atoms with Crippen LogP contribution in [0, 0.1) is 6.92 Å². The average molecular weight is 289 g/mol. The second kappa shape index (κ2) is 6.40. The zero-order valence-corrected chi connectivity index (χ0v) is 11.0. The Hall–Kier alpha value is -2.05. The largest absolute Gasteiger partial charge is 0.573 e. The third-order valence-electron chi connectivity index (χ3n) is 2.51. The molecule has 0 radical (unpaired) electrons. The van der Waals surface area contributed by atoms with Gasteiger partial charge in [-0.15, -0.1) is 13.2 Å². The van der Waals surface area contributed by atoms with E-state index in [2.05, 4.69) is 10.1 Å². The summed E-state index contributed by atoms with van der Waals surface area (Å²) >= 11 is 0. The van der Waals surface area contributed by atoms with Crippen LogP contribution in [0.2, 0.25) is 0 Å².